The smallest absolute Gasteiger partial charge is 0.358 e. The Balaban J connectivity index is 1.78. The van der Waals surface area contributed by atoms with E-state index < -0.39 is 0 Å². The number of carbonyl (C=O) groups is 1. The summed E-state index contributed by atoms with van der Waals surface area (Å²) in [7, 11) is 0. The van der Waals surface area contributed by atoms with Crippen molar-refractivity contribution in [3.8, 4) is 0 Å². The number of esters is 1. The molecule has 2 aliphatic rings. The molecular formula is C13H18N2O3S. The molecule has 6 heteroatoms. The minimum atomic E-state index is -0.321. The highest BCUT2D eigenvalue weighted by Gasteiger charge is 2.35. The topological polar surface area (TPSA) is 51.7 Å². The van der Waals surface area contributed by atoms with E-state index in [9.17, 15) is 4.79 Å². The molecule has 104 valence electrons. The standard InChI is InChI=1S/C13H18N2O3S/c1-3-17-12(16)11-8(2)19-13(14-11)15-6-9-4-5-10(7-15)18-9/h9-10H,3-7H2,1-2H3. The molecule has 1 aromatic heterocycles. The molecule has 0 saturated carbocycles. The number of aromatic nitrogens is 1. The van der Waals surface area contributed by atoms with Gasteiger partial charge >= 0.3 is 5.97 Å². The number of anilines is 1. The number of aryl methyl sites for hydroxylation is 1. The number of fused-ring (bicyclic) bond motifs is 2. The van der Waals surface area contributed by atoms with Gasteiger partial charge < -0.3 is 14.4 Å². The molecule has 0 aliphatic carbocycles. The SMILES string of the molecule is CCOC(=O)c1nc(N2CC3CCC(C2)O3)sc1C. The predicted molar refractivity (Wildman–Crippen MR) is 72.9 cm³/mol. The molecule has 2 bridgehead atoms. The third-order valence-corrected chi connectivity index (χ3v) is 4.60. The van der Waals surface area contributed by atoms with Crippen LogP contribution in [0, 0.1) is 6.92 Å². The Morgan fingerprint density at radius 2 is 2.16 bits per heavy atom. The van der Waals surface area contributed by atoms with Gasteiger partial charge in [-0.05, 0) is 26.7 Å². The van der Waals surface area contributed by atoms with Crippen LogP contribution in [-0.4, -0.2) is 42.9 Å². The second-order valence-electron chi connectivity index (χ2n) is 4.98. The zero-order chi connectivity index (χ0) is 13.4. The summed E-state index contributed by atoms with van der Waals surface area (Å²) in [5.74, 6) is -0.321. The van der Waals surface area contributed by atoms with Gasteiger partial charge in [0, 0.05) is 18.0 Å². The van der Waals surface area contributed by atoms with E-state index in [1.54, 1.807) is 18.3 Å². The first-order valence-electron chi connectivity index (χ1n) is 6.72. The molecule has 19 heavy (non-hydrogen) atoms. The predicted octanol–water partition coefficient (Wildman–Crippen LogP) is 2.00. The summed E-state index contributed by atoms with van der Waals surface area (Å²) in [6, 6.07) is 0. The van der Waals surface area contributed by atoms with E-state index in [1.807, 2.05) is 6.92 Å². The van der Waals surface area contributed by atoms with Gasteiger partial charge in [-0.2, -0.15) is 0 Å². The van der Waals surface area contributed by atoms with E-state index in [-0.39, 0.29) is 5.97 Å². The van der Waals surface area contributed by atoms with Crippen LogP contribution in [0.1, 0.15) is 35.1 Å². The molecule has 0 spiro atoms. The molecule has 2 atom stereocenters. The molecule has 3 rings (SSSR count). The number of rotatable bonds is 3. The summed E-state index contributed by atoms with van der Waals surface area (Å²) < 4.78 is 10.8. The Bertz CT molecular complexity index is 476. The monoisotopic (exact) mass is 282 g/mol. The molecule has 2 aliphatic heterocycles. The van der Waals surface area contributed by atoms with Crippen LogP contribution < -0.4 is 4.90 Å². The van der Waals surface area contributed by atoms with Gasteiger partial charge in [0.05, 0.1) is 18.8 Å². The molecule has 2 saturated heterocycles. The maximum Gasteiger partial charge on any atom is 0.358 e. The lowest BCUT2D eigenvalue weighted by atomic mass is 10.2. The van der Waals surface area contributed by atoms with Crippen LogP contribution in [0.4, 0.5) is 5.13 Å². The molecule has 0 amide bonds. The summed E-state index contributed by atoms with van der Waals surface area (Å²) >= 11 is 1.57. The van der Waals surface area contributed by atoms with Crippen LogP contribution in [0.2, 0.25) is 0 Å². The van der Waals surface area contributed by atoms with Crippen molar-refractivity contribution in [2.45, 2.75) is 38.9 Å². The van der Waals surface area contributed by atoms with Crippen LogP contribution in [-0.2, 0) is 9.47 Å². The first-order valence-corrected chi connectivity index (χ1v) is 7.54. The van der Waals surface area contributed by atoms with Gasteiger partial charge in [-0.1, -0.05) is 0 Å². The van der Waals surface area contributed by atoms with E-state index in [0.717, 1.165) is 35.9 Å². The molecular weight excluding hydrogens is 264 g/mol. The van der Waals surface area contributed by atoms with E-state index in [0.29, 0.717) is 24.5 Å². The molecule has 3 heterocycles. The number of morpholine rings is 1. The third kappa shape index (κ3) is 2.47. The van der Waals surface area contributed by atoms with Crippen molar-refractivity contribution in [3.63, 3.8) is 0 Å². The fraction of sp³-hybridized carbons (Fsp3) is 0.692. The molecule has 0 N–H and O–H groups in total. The van der Waals surface area contributed by atoms with Gasteiger partial charge in [0.2, 0.25) is 0 Å². The number of hydrogen-bond donors (Lipinski definition) is 0. The normalized spacial score (nSPS) is 25.7. The van der Waals surface area contributed by atoms with Crippen molar-refractivity contribution >= 4 is 22.4 Å². The number of carbonyl (C=O) groups excluding carboxylic acids is 1. The van der Waals surface area contributed by atoms with E-state index >= 15 is 0 Å². The summed E-state index contributed by atoms with van der Waals surface area (Å²) in [5, 5.41) is 0.917. The Morgan fingerprint density at radius 1 is 1.47 bits per heavy atom. The largest absolute Gasteiger partial charge is 0.461 e. The number of nitrogens with zero attached hydrogens (tertiary/aromatic N) is 2. The number of hydrogen-bond acceptors (Lipinski definition) is 6. The lowest BCUT2D eigenvalue weighted by Crippen LogP contribution is -2.42. The Labute approximate surface area is 116 Å². The maximum absolute atomic E-state index is 11.8. The average molecular weight is 282 g/mol. The van der Waals surface area contributed by atoms with Crippen molar-refractivity contribution in [1.29, 1.82) is 0 Å². The maximum atomic E-state index is 11.8. The van der Waals surface area contributed by atoms with E-state index in [1.165, 1.54) is 0 Å². The number of thiazole rings is 1. The highest BCUT2D eigenvalue weighted by molar-refractivity contribution is 7.15. The minimum absolute atomic E-state index is 0.321. The van der Waals surface area contributed by atoms with E-state index in [4.69, 9.17) is 9.47 Å². The first kappa shape index (κ1) is 12.9. The van der Waals surface area contributed by atoms with Crippen molar-refractivity contribution < 1.29 is 14.3 Å². The van der Waals surface area contributed by atoms with Crippen molar-refractivity contribution in [2.24, 2.45) is 0 Å². The zero-order valence-electron chi connectivity index (χ0n) is 11.2. The lowest BCUT2D eigenvalue weighted by Gasteiger charge is -2.31. The van der Waals surface area contributed by atoms with Gasteiger partial charge in [-0.15, -0.1) is 11.3 Å². The summed E-state index contributed by atoms with van der Waals surface area (Å²) in [6.07, 6.45) is 2.93. The van der Waals surface area contributed by atoms with Gasteiger partial charge in [0.1, 0.15) is 0 Å². The average Bonchev–Trinajstić information content (AvgIpc) is 2.93. The van der Waals surface area contributed by atoms with Crippen LogP contribution in [0.25, 0.3) is 0 Å². The minimum Gasteiger partial charge on any atom is -0.461 e. The molecule has 5 nitrogen and oxygen atoms in total. The van der Waals surface area contributed by atoms with Crippen LogP contribution in [0.3, 0.4) is 0 Å². The molecule has 2 fully saturated rings. The van der Waals surface area contributed by atoms with Gasteiger partial charge in [0.15, 0.2) is 10.8 Å². The van der Waals surface area contributed by atoms with E-state index in [2.05, 4.69) is 9.88 Å². The molecule has 0 radical (unpaired) electrons. The fourth-order valence-electron chi connectivity index (χ4n) is 2.68. The quantitative estimate of drug-likeness (QED) is 0.794. The second kappa shape index (κ2) is 5.09. The van der Waals surface area contributed by atoms with Crippen LogP contribution >= 0.6 is 11.3 Å². The highest BCUT2D eigenvalue weighted by Crippen LogP contribution is 2.33. The van der Waals surface area contributed by atoms with Crippen molar-refractivity contribution in [3.05, 3.63) is 10.6 Å². The van der Waals surface area contributed by atoms with Crippen molar-refractivity contribution in [2.75, 3.05) is 24.6 Å². The first-order chi connectivity index (χ1) is 9.17. The molecule has 0 aromatic carbocycles. The fourth-order valence-corrected chi connectivity index (χ4v) is 3.59. The Hall–Kier alpha value is -1.14. The lowest BCUT2D eigenvalue weighted by molar-refractivity contribution is 0.0305. The van der Waals surface area contributed by atoms with Crippen LogP contribution in [0.15, 0.2) is 0 Å². The van der Waals surface area contributed by atoms with Crippen LogP contribution in [0.5, 0.6) is 0 Å². The highest BCUT2D eigenvalue weighted by atomic mass is 32.1. The molecule has 1 aromatic rings. The Kier molecular flexibility index (Phi) is 3.45. The van der Waals surface area contributed by atoms with Gasteiger partial charge in [-0.25, -0.2) is 9.78 Å². The summed E-state index contributed by atoms with van der Waals surface area (Å²) in [5.41, 5.74) is 0.459. The zero-order valence-corrected chi connectivity index (χ0v) is 12.0. The third-order valence-electron chi connectivity index (χ3n) is 3.57. The second-order valence-corrected chi connectivity index (χ2v) is 6.17. The van der Waals surface area contributed by atoms with Gasteiger partial charge in [0.25, 0.3) is 0 Å². The Morgan fingerprint density at radius 3 is 2.79 bits per heavy atom. The number of ether oxygens (including phenoxy) is 2. The summed E-state index contributed by atoms with van der Waals surface area (Å²) in [4.78, 5) is 19.4. The van der Waals surface area contributed by atoms with Crippen molar-refractivity contribution in [1.82, 2.24) is 4.98 Å². The molecule has 2 unspecified atom stereocenters. The van der Waals surface area contributed by atoms with Gasteiger partial charge in [-0.3, -0.25) is 0 Å². The summed E-state index contributed by atoms with van der Waals surface area (Å²) in [6.45, 7) is 5.87.